The van der Waals surface area contributed by atoms with Crippen LogP contribution in [0.2, 0.25) is 0 Å². The van der Waals surface area contributed by atoms with Gasteiger partial charge in [-0.05, 0) is 25.0 Å². The quantitative estimate of drug-likeness (QED) is 0.825. The van der Waals surface area contributed by atoms with Gasteiger partial charge in [0.15, 0.2) is 0 Å². The summed E-state index contributed by atoms with van der Waals surface area (Å²) in [5.41, 5.74) is 1.57. The summed E-state index contributed by atoms with van der Waals surface area (Å²) in [6.07, 6.45) is 6.75. The number of hydrogen-bond acceptors (Lipinski definition) is 3. The average molecular weight is 274 g/mol. The van der Waals surface area contributed by atoms with Crippen molar-refractivity contribution in [3.8, 4) is 5.75 Å². The van der Waals surface area contributed by atoms with E-state index in [-0.39, 0.29) is 11.3 Å². The number of ether oxygens (including phenoxy) is 1. The summed E-state index contributed by atoms with van der Waals surface area (Å²) in [7, 11) is 1.64. The van der Waals surface area contributed by atoms with E-state index in [0.717, 1.165) is 49.4 Å². The van der Waals surface area contributed by atoms with Gasteiger partial charge in [0.2, 0.25) is 5.91 Å². The number of anilines is 2. The van der Waals surface area contributed by atoms with E-state index in [4.69, 9.17) is 4.74 Å². The number of carbonyl (C=O) groups excluding carboxylic acids is 1. The van der Waals surface area contributed by atoms with Crippen LogP contribution in [0.4, 0.5) is 11.4 Å². The summed E-state index contributed by atoms with van der Waals surface area (Å²) >= 11 is 0. The molecule has 4 nitrogen and oxygen atoms in total. The number of hydrogen-bond donors (Lipinski definition) is 2. The summed E-state index contributed by atoms with van der Waals surface area (Å²) in [4.78, 5) is 12.7. The summed E-state index contributed by atoms with van der Waals surface area (Å²) in [6.45, 7) is 0.734. The van der Waals surface area contributed by atoms with E-state index in [0.29, 0.717) is 0 Å². The van der Waals surface area contributed by atoms with Crippen LogP contribution in [0.15, 0.2) is 18.2 Å². The molecule has 3 rings (SSSR count). The summed E-state index contributed by atoms with van der Waals surface area (Å²) in [5.74, 6) is 0.932. The predicted molar refractivity (Wildman–Crippen MR) is 80.2 cm³/mol. The Morgan fingerprint density at radius 1 is 1.10 bits per heavy atom. The standard InChI is InChI=1S/C16H22N2O2/c1-20-12-6-7-13-14(10-12)18-15(19)16(11-17-13)8-4-2-3-5-9-16/h6-7,10,17H,2-5,8-9,11H2,1H3,(H,18,19). The number of benzene rings is 1. The van der Waals surface area contributed by atoms with Crippen LogP contribution in [0.25, 0.3) is 0 Å². The van der Waals surface area contributed by atoms with Gasteiger partial charge in [0.05, 0.1) is 23.9 Å². The Balaban J connectivity index is 1.89. The molecule has 1 heterocycles. The number of nitrogens with one attached hydrogen (secondary N) is 2. The Hall–Kier alpha value is -1.71. The smallest absolute Gasteiger partial charge is 0.232 e. The van der Waals surface area contributed by atoms with Crippen molar-refractivity contribution in [2.45, 2.75) is 38.5 Å². The minimum absolute atomic E-state index is 0.166. The third kappa shape index (κ3) is 2.35. The van der Waals surface area contributed by atoms with Crippen molar-refractivity contribution >= 4 is 17.3 Å². The van der Waals surface area contributed by atoms with Crippen LogP contribution in [0.1, 0.15) is 38.5 Å². The third-order valence-corrected chi connectivity index (χ3v) is 4.63. The van der Waals surface area contributed by atoms with Gasteiger partial charge in [0.1, 0.15) is 5.75 Å². The molecular weight excluding hydrogens is 252 g/mol. The predicted octanol–water partition coefficient (Wildman–Crippen LogP) is 3.40. The number of rotatable bonds is 1. The fourth-order valence-corrected chi connectivity index (χ4v) is 3.32. The monoisotopic (exact) mass is 274 g/mol. The molecule has 0 atom stereocenters. The third-order valence-electron chi connectivity index (χ3n) is 4.63. The summed E-state index contributed by atoms with van der Waals surface area (Å²) < 4.78 is 5.23. The molecule has 0 radical (unpaired) electrons. The maximum absolute atomic E-state index is 12.7. The van der Waals surface area contributed by atoms with Gasteiger partial charge in [0, 0.05) is 12.6 Å². The molecule has 1 aliphatic heterocycles. The van der Waals surface area contributed by atoms with Crippen molar-refractivity contribution in [3.05, 3.63) is 18.2 Å². The molecule has 20 heavy (non-hydrogen) atoms. The maximum atomic E-state index is 12.7. The molecule has 1 aromatic carbocycles. The SMILES string of the molecule is COc1ccc2c(c1)NC(=O)C1(CCCCCC1)CN2. The molecular formula is C16H22N2O2. The fourth-order valence-electron chi connectivity index (χ4n) is 3.32. The van der Waals surface area contributed by atoms with Gasteiger partial charge in [-0.3, -0.25) is 4.79 Å². The van der Waals surface area contributed by atoms with E-state index >= 15 is 0 Å². The Morgan fingerprint density at radius 3 is 2.55 bits per heavy atom. The molecule has 0 bridgehead atoms. The zero-order chi connectivity index (χ0) is 14.0. The molecule has 0 aromatic heterocycles. The largest absolute Gasteiger partial charge is 0.497 e. The van der Waals surface area contributed by atoms with E-state index < -0.39 is 0 Å². The normalized spacial score (nSPS) is 21.1. The highest BCUT2D eigenvalue weighted by molar-refractivity contribution is 6.00. The van der Waals surface area contributed by atoms with Crippen molar-refractivity contribution in [1.29, 1.82) is 0 Å². The molecule has 2 N–H and O–H groups in total. The van der Waals surface area contributed by atoms with Crippen LogP contribution in [-0.4, -0.2) is 19.6 Å². The summed E-state index contributed by atoms with van der Waals surface area (Å²) in [6, 6.07) is 5.78. The van der Waals surface area contributed by atoms with Gasteiger partial charge in [-0.2, -0.15) is 0 Å². The van der Waals surface area contributed by atoms with Crippen molar-refractivity contribution in [2.24, 2.45) is 5.41 Å². The lowest BCUT2D eigenvalue weighted by molar-refractivity contribution is -0.125. The number of amides is 1. The number of fused-ring (bicyclic) bond motifs is 1. The van der Waals surface area contributed by atoms with Crippen molar-refractivity contribution in [2.75, 3.05) is 24.3 Å². The lowest BCUT2D eigenvalue weighted by Gasteiger charge is -2.29. The number of carbonyl (C=O) groups is 1. The molecule has 1 spiro atoms. The van der Waals surface area contributed by atoms with Crippen LogP contribution in [0, 0.1) is 5.41 Å². The van der Waals surface area contributed by atoms with E-state index in [1.54, 1.807) is 7.11 Å². The van der Waals surface area contributed by atoms with Gasteiger partial charge >= 0.3 is 0 Å². The first kappa shape index (κ1) is 13.3. The highest BCUT2D eigenvalue weighted by Gasteiger charge is 2.40. The molecule has 1 aromatic rings. The molecule has 4 heteroatoms. The van der Waals surface area contributed by atoms with Crippen molar-refractivity contribution < 1.29 is 9.53 Å². The first-order valence-electron chi connectivity index (χ1n) is 7.47. The Kier molecular flexibility index (Phi) is 3.55. The lowest BCUT2D eigenvalue weighted by Crippen LogP contribution is -2.39. The van der Waals surface area contributed by atoms with Crippen LogP contribution < -0.4 is 15.4 Å². The first-order chi connectivity index (χ1) is 9.73. The second kappa shape index (κ2) is 5.35. The van der Waals surface area contributed by atoms with Crippen molar-refractivity contribution in [3.63, 3.8) is 0 Å². The van der Waals surface area contributed by atoms with E-state index in [9.17, 15) is 4.79 Å². The topological polar surface area (TPSA) is 50.4 Å². The van der Waals surface area contributed by atoms with Crippen LogP contribution in [0.5, 0.6) is 5.75 Å². The first-order valence-corrected chi connectivity index (χ1v) is 7.47. The maximum Gasteiger partial charge on any atom is 0.232 e. The van der Waals surface area contributed by atoms with Gasteiger partial charge < -0.3 is 15.4 Å². The Labute approximate surface area is 119 Å². The highest BCUT2D eigenvalue weighted by atomic mass is 16.5. The second-order valence-electron chi connectivity index (χ2n) is 5.91. The Morgan fingerprint density at radius 2 is 1.85 bits per heavy atom. The van der Waals surface area contributed by atoms with Gasteiger partial charge in [-0.1, -0.05) is 25.7 Å². The fraction of sp³-hybridized carbons (Fsp3) is 0.562. The van der Waals surface area contributed by atoms with E-state index in [2.05, 4.69) is 10.6 Å². The molecule has 1 aliphatic carbocycles. The molecule has 0 unspecified atom stereocenters. The Bertz CT molecular complexity index is 505. The minimum Gasteiger partial charge on any atom is -0.497 e. The van der Waals surface area contributed by atoms with E-state index in [1.165, 1.54) is 12.8 Å². The molecule has 1 amide bonds. The van der Waals surface area contributed by atoms with Gasteiger partial charge in [-0.25, -0.2) is 0 Å². The van der Waals surface area contributed by atoms with Crippen LogP contribution in [-0.2, 0) is 4.79 Å². The molecule has 108 valence electrons. The molecule has 0 saturated heterocycles. The highest BCUT2D eigenvalue weighted by Crippen LogP contribution is 2.40. The second-order valence-corrected chi connectivity index (χ2v) is 5.91. The molecule has 2 aliphatic rings. The molecule has 1 saturated carbocycles. The van der Waals surface area contributed by atoms with Gasteiger partial charge in [-0.15, -0.1) is 0 Å². The zero-order valence-electron chi connectivity index (χ0n) is 12.0. The zero-order valence-corrected chi connectivity index (χ0v) is 12.0. The number of methoxy groups -OCH3 is 1. The minimum atomic E-state index is -0.247. The van der Waals surface area contributed by atoms with Crippen LogP contribution in [0.3, 0.4) is 0 Å². The lowest BCUT2D eigenvalue weighted by atomic mass is 9.79. The van der Waals surface area contributed by atoms with Gasteiger partial charge in [0.25, 0.3) is 0 Å². The van der Waals surface area contributed by atoms with E-state index in [1.807, 2.05) is 18.2 Å². The average Bonchev–Trinajstić information content (AvgIpc) is 2.78. The molecule has 1 fully saturated rings. The summed E-state index contributed by atoms with van der Waals surface area (Å²) in [5, 5.41) is 6.56. The van der Waals surface area contributed by atoms with Crippen LogP contribution >= 0.6 is 0 Å². The van der Waals surface area contributed by atoms with Crippen molar-refractivity contribution in [1.82, 2.24) is 0 Å².